The lowest BCUT2D eigenvalue weighted by molar-refractivity contribution is -0.119. The van der Waals surface area contributed by atoms with E-state index in [-0.39, 0.29) is 17.9 Å². The van der Waals surface area contributed by atoms with Crippen LogP contribution in [-0.2, 0) is 14.3 Å². The third kappa shape index (κ3) is 10.4. The Morgan fingerprint density at radius 2 is 1.92 bits per heavy atom. The van der Waals surface area contributed by atoms with Gasteiger partial charge in [0.15, 0.2) is 0 Å². The molecule has 0 fully saturated rings. The Labute approximate surface area is 230 Å². The van der Waals surface area contributed by atoms with Crippen LogP contribution in [0, 0.1) is 5.92 Å². The van der Waals surface area contributed by atoms with E-state index >= 15 is 0 Å². The molecule has 2 unspecified atom stereocenters. The number of ether oxygens (including phenoxy) is 2. The number of anilines is 2. The average molecular weight is 547 g/mol. The smallest absolute Gasteiger partial charge is 0.411 e. The summed E-state index contributed by atoms with van der Waals surface area (Å²) in [6.07, 6.45) is 2.90. The number of fused-ring (bicyclic) bond motifs is 1. The quantitative estimate of drug-likeness (QED) is 0.419. The summed E-state index contributed by atoms with van der Waals surface area (Å²) < 4.78 is 10.2. The molecule has 10 heteroatoms. The highest BCUT2D eigenvalue weighted by atomic mass is 32.2. The number of nitrogens with zero attached hydrogens (tertiary/aromatic N) is 1. The van der Waals surface area contributed by atoms with Gasteiger partial charge in [-0.3, -0.25) is 10.1 Å². The second-order valence-corrected chi connectivity index (χ2v) is 11.8. The number of benzene rings is 1. The Kier molecular flexibility index (Phi) is 11.7. The summed E-state index contributed by atoms with van der Waals surface area (Å²) in [5.41, 5.74) is 1.77. The van der Waals surface area contributed by atoms with Gasteiger partial charge in [-0.15, -0.1) is 11.8 Å². The van der Waals surface area contributed by atoms with Crippen molar-refractivity contribution in [1.82, 2.24) is 10.2 Å². The molecule has 2 rings (SSSR count). The van der Waals surface area contributed by atoms with Gasteiger partial charge in [-0.25, -0.2) is 9.59 Å². The van der Waals surface area contributed by atoms with Crippen molar-refractivity contribution in [2.45, 2.75) is 58.6 Å². The first-order valence-corrected chi connectivity index (χ1v) is 13.8. The van der Waals surface area contributed by atoms with Crippen LogP contribution in [0.4, 0.5) is 21.0 Å². The molecule has 0 bridgehead atoms. The summed E-state index contributed by atoms with van der Waals surface area (Å²) in [5.74, 6) is 0.431. The Balaban J connectivity index is 2.52. The lowest BCUT2D eigenvalue weighted by atomic mass is 9.97. The highest BCUT2D eigenvalue weighted by Gasteiger charge is 2.25. The number of amides is 3. The molecule has 3 amide bonds. The molecule has 3 N–H and O–H groups in total. The fourth-order valence-electron chi connectivity index (χ4n) is 3.76. The molecular weight excluding hydrogens is 504 g/mol. The summed E-state index contributed by atoms with van der Waals surface area (Å²) in [6.45, 7) is 12.5. The maximum absolute atomic E-state index is 13.0. The summed E-state index contributed by atoms with van der Waals surface area (Å²) in [5, 5.41) is 8.70. The standard InChI is InChI=1S/C28H42N4O5S/c1-18-10-9-11-22(31-27(35)37-28(3,4)5)24(38-15-14-32(6)7)16-19(2)21-13-12-20(29-26(34)36-8)17-23(21)30-25(18)33/h12-13,16-18,22H,2,9-11,14-15H2,1,3-8H3,(H,29,34)(H,30,33)(H,31,35)/b24-16-. The number of nitrogens with one attached hydrogen (secondary N) is 3. The highest BCUT2D eigenvalue weighted by molar-refractivity contribution is 8.03. The summed E-state index contributed by atoms with van der Waals surface area (Å²) in [7, 11) is 5.33. The minimum atomic E-state index is -0.623. The van der Waals surface area contributed by atoms with Gasteiger partial charge in [-0.2, -0.15) is 0 Å². The molecule has 1 heterocycles. The molecule has 0 radical (unpaired) electrons. The average Bonchev–Trinajstić information content (AvgIpc) is 2.80. The van der Waals surface area contributed by atoms with Gasteiger partial charge in [-0.1, -0.05) is 26.0 Å². The first-order valence-electron chi connectivity index (χ1n) is 12.8. The zero-order valence-corrected chi connectivity index (χ0v) is 24.4. The molecular formula is C28H42N4O5S. The number of rotatable bonds is 6. The number of allylic oxidation sites excluding steroid dienone is 2. The SMILES string of the molecule is C=C1/C=C(\SCCN(C)C)C(NC(=O)OC(C)(C)C)CCCC(C)C(=O)Nc2cc(NC(=O)OC)ccc21. The van der Waals surface area contributed by atoms with Crippen LogP contribution in [0.3, 0.4) is 0 Å². The van der Waals surface area contributed by atoms with Gasteiger partial charge in [0.05, 0.1) is 18.8 Å². The first kappa shape index (κ1) is 31.2. The van der Waals surface area contributed by atoms with Gasteiger partial charge in [0.25, 0.3) is 0 Å². The highest BCUT2D eigenvalue weighted by Crippen LogP contribution is 2.33. The van der Waals surface area contributed by atoms with Crippen LogP contribution in [-0.4, -0.2) is 68.1 Å². The summed E-state index contributed by atoms with van der Waals surface area (Å²) >= 11 is 1.67. The molecule has 0 aliphatic carbocycles. The van der Waals surface area contributed by atoms with E-state index in [9.17, 15) is 14.4 Å². The Morgan fingerprint density at radius 3 is 2.55 bits per heavy atom. The minimum absolute atomic E-state index is 0.129. The Morgan fingerprint density at radius 1 is 1.21 bits per heavy atom. The van der Waals surface area contributed by atoms with Crippen molar-refractivity contribution in [2.75, 3.05) is 44.1 Å². The van der Waals surface area contributed by atoms with Crippen LogP contribution < -0.4 is 16.0 Å². The molecule has 0 spiro atoms. The van der Waals surface area contributed by atoms with E-state index in [1.54, 1.807) is 30.0 Å². The van der Waals surface area contributed by atoms with Crippen LogP contribution in [0.5, 0.6) is 0 Å². The molecule has 38 heavy (non-hydrogen) atoms. The van der Waals surface area contributed by atoms with Crippen molar-refractivity contribution in [2.24, 2.45) is 5.92 Å². The summed E-state index contributed by atoms with van der Waals surface area (Å²) in [6, 6.07) is 4.92. The van der Waals surface area contributed by atoms with Gasteiger partial charge in [0.1, 0.15) is 5.60 Å². The minimum Gasteiger partial charge on any atom is -0.453 e. The number of methoxy groups -OCH3 is 1. The molecule has 1 aromatic carbocycles. The molecule has 0 saturated carbocycles. The van der Waals surface area contributed by atoms with E-state index < -0.39 is 17.8 Å². The number of carbonyl (C=O) groups is 3. The maximum Gasteiger partial charge on any atom is 0.411 e. The number of hydrogen-bond donors (Lipinski definition) is 3. The van der Waals surface area contributed by atoms with Crippen LogP contribution in [0.1, 0.15) is 52.5 Å². The molecule has 0 aromatic heterocycles. The van der Waals surface area contributed by atoms with Crippen molar-refractivity contribution in [3.05, 3.63) is 41.3 Å². The third-order valence-corrected chi connectivity index (χ3v) is 6.91. The third-order valence-electron chi connectivity index (χ3n) is 5.79. The molecule has 1 aromatic rings. The van der Waals surface area contributed by atoms with Gasteiger partial charge in [0, 0.05) is 34.4 Å². The van der Waals surface area contributed by atoms with Gasteiger partial charge < -0.3 is 25.0 Å². The Hall–Kier alpha value is -2.98. The predicted molar refractivity (Wildman–Crippen MR) is 155 cm³/mol. The second-order valence-electron chi connectivity index (χ2n) is 10.6. The Bertz CT molecular complexity index is 1050. The van der Waals surface area contributed by atoms with Crippen molar-refractivity contribution in [1.29, 1.82) is 0 Å². The van der Waals surface area contributed by atoms with Crippen LogP contribution in [0.25, 0.3) is 5.57 Å². The predicted octanol–water partition coefficient (Wildman–Crippen LogP) is 5.71. The zero-order valence-electron chi connectivity index (χ0n) is 23.6. The van der Waals surface area contributed by atoms with Crippen molar-refractivity contribution in [3.8, 4) is 0 Å². The van der Waals surface area contributed by atoms with Crippen molar-refractivity contribution in [3.63, 3.8) is 0 Å². The number of alkyl carbamates (subject to hydrolysis) is 1. The molecule has 1 aliphatic heterocycles. The fourth-order valence-corrected chi connectivity index (χ4v) is 5.06. The second kappa shape index (κ2) is 14.2. The zero-order chi connectivity index (χ0) is 28.5. The number of hydrogen-bond acceptors (Lipinski definition) is 7. The van der Waals surface area contributed by atoms with E-state index in [1.807, 2.05) is 47.9 Å². The molecule has 2 atom stereocenters. The van der Waals surface area contributed by atoms with Gasteiger partial charge in [-0.05, 0) is 71.5 Å². The molecule has 0 saturated heterocycles. The largest absolute Gasteiger partial charge is 0.453 e. The monoisotopic (exact) mass is 546 g/mol. The van der Waals surface area contributed by atoms with Crippen LogP contribution in [0.15, 0.2) is 35.8 Å². The van der Waals surface area contributed by atoms with Crippen molar-refractivity contribution < 1.29 is 23.9 Å². The van der Waals surface area contributed by atoms with E-state index in [1.165, 1.54) is 7.11 Å². The van der Waals surface area contributed by atoms with E-state index in [0.717, 1.165) is 23.6 Å². The number of carbonyl (C=O) groups excluding carboxylic acids is 3. The van der Waals surface area contributed by atoms with E-state index in [2.05, 4.69) is 27.4 Å². The first-order chi connectivity index (χ1) is 17.8. The summed E-state index contributed by atoms with van der Waals surface area (Å²) in [4.78, 5) is 40.6. The van der Waals surface area contributed by atoms with E-state index in [0.29, 0.717) is 35.4 Å². The number of thioether (sulfide) groups is 1. The molecule has 9 nitrogen and oxygen atoms in total. The van der Waals surface area contributed by atoms with E-state index in [4.69, 9.17) is 9.47 Å². The fraction of sp³-hybridized carbons (Fsp3) is 0.536. The topological polar surface area (TPSA) is 109 Å². The van der Waals surface area contributed by atoms with Crippen LogP contribution in [0.2, 0.25) is 0 Å². The maximum atomic E-state index is 13.0. The lowest BCUT2D eigenvalue weighted by Gasteiger charge is -2.27. The van der Waals surface area contributed by atoms with Crippen molar-refractivity contribution >= 4 is 46.8 Å². The lowest BCUT2D eigenvalue weighted by Crippen LogP contribution is -2.40. The van der Waals surface area contributed by atoms with Crippen LogP contribution >= 0.6 is 11.8 Å². The normalized spacial score (nSPS) is 20.2. The van der Waals surface area contributed by atoms with Gasteiger partial charge in [0.2, 0.25) is 5.91 Å². The molecule has 1 aliphatic rings. The van der Waals surface area contributed by atoms with Gasteiger partial charge >= 0.3 is 12.2 Å². The molecule has 210 valence electrons.